The van der Waals surface area contributed by atoms with Crippen molar-refractivity contribution in [2.75, 3.05) is 0 Å². The van der Waals surface area contributed by atoms with Crippen molar-refractivity contribution in [1.82, 2.24) is 0 Å². The van der Waals surface area contributed by atoms with Gasteiger partial charge in [0.25, 0.3) is 0 Å². The molecule has 2 aromatic carbocycles. The first-order valence-corrected chi connectivity index (χ1v) is 8.13. The molecule has 1 unspecified atom stereocenters. The molecule has 0 aliphatic heterocycles. The van der Waals surface area contributed by atoms with Gasteiger partial charge in [-0.15, -0.1) is 0 Å². The number of aromatic hydroxyl groups is 1. The highest BCUT2D eigenvalue weighted by atomic mass is 16.3. The highest BCUT2D eigenvalue weighted by Crippen LogP contribution is 2.58. The van der Waals surface area contributed by atoms with Gasteiger partial charge in [0.15, 0.2) is 0 Å². The fourth-order valence-electron chi connectivity index (χ4n) is 3.42. The summed E-state index contributed by atoms with van der Waals surface area (Å²) in [6.07, 6.45) is 1.60. The molecule has 0 saturated heterocycles. The first-order valence-electron chi connectivity index (χ1n) is 8.13. The largest absolute Gasteiger partial charge is 0.508 e. The van der Waals surface area contributed by atoms with Gasteiger partial charge in [-0.25, -0.2) is 0 Å². The summed E-state index contributed by atoms with van der Waals surface area (Å²) in [6, 6.07) is 15.6. The maximum Gasteiger partial charge on any atom is 0.224 e. The Labute approximate surface area is 137 Å². The second-order valence-corrected chi connectivity index (χ2v) is 6.87. The molecule has 3 rings (SSSR count). The van der Waals surface area contributed by atoms with Crippen LogP contribution in [0.15, 0.2) is 48.5 Å². The van der Waals surface area contributed by atoms with E-state index in [1.807, 2.05) is 12.1 Å². The lowest BCUT2D eigenvalue weighted by molar-refractivity contribution is -0.123. The Balaban J connectivity index is 2.07. The molecule has 1 fully saturated rings. The van der Waals surface area contributed by atoms with Crippen LogP contribution in [0, 0.1) is 5.41 Å². The molecule has 3 heteroatoms. The minimum atomic E-state index is -0.521. The number of hydrogen-bond donors (Lipinski definition) is 2. The summed E-state index contributed by atoms with van der Waals surface area (Å²) in [5, 5.41) is 9.83. The van der Waals surface area contributed by atoms with E-state index < -0.39 is 5.41 Å². The Morgan fingerprint density at radius 3 is 2.13 bits per heavy atom. The summed E-state index contributed by atoms with van der Waals surface area (Å²) in [5.74, 6) is 0.327. The van der Waals surface area contributed by atoms with Crippen LogP contribution in [0.4, 0.5) is 0 Å². The zero-order valence-corrected chi connectivity index (χ0v) is 13.6. The Kier molecular flexibility index (Phi) is 3.88. The number of carbonyl (C=O) groups excluding carboxylic acids is 1. The molecule has 1 saturated carbocycles. The molecule has 0 heterocycles. The second kappa shape index (κ2) is 5.73. The molecule has 1 aliphatic carbocycles. The molecule has 1 aliphatic rings. The molecule has 3 nitrogen and oxygen atoms in total. The number of benzene rings is 2. The molecule has 3 N–H and O–H groups in total. The predicted molar refractivity (Wildman–Crippen MR) is 91.3 cm³/mol. The summed E-state index contributed by atoms with van der Waals surface area (Å²) in [7, 11) is 0. The normalized spacial score (nSPS) is 17.0. The number of phenols is 1. The molecule has 1 atom stereocenters. The smallest absolute Gasteiger partial charge is 0.224 e. The summed E-state index contributed by atoms with van der Waals surface area (Å²) in [5.41, 5.74) is 8.50. The number of rotatable bonds is 5. The summed E-state index contributed by atoms with van der Waals surface area (Å²) >= 11 is 0. The van der Waals surface area contributed by atoms with Gasteiger partial charge in [0.2, 0.25) is 5.91 Å². The van der Waals surface area contributed by atoms with Crippen LogP contribution in [0.25, 0.3) is 0 Å². The van der Waals surface area contributed by atoms with Crippen molar-refractivity contribution in [3.63, 3.8) is 0 Å². The second-order valence-electron chi connectivity index (χ2n) is 6.87. The summed E-state index contributed by atoms with van der Waals surface area (Å²) in [6.45, 7) is 4.32. The first-order chi connectivity index (χ1) is 10.9. The van der Waals surface area contributed by atoms with Gasteiger partial charge in [0, 0.05) is 5.92 Å². The highest BCUT2D eigenvalue weighted by Gasteiger charge is 2.55. The number of amides is 1. The van der Waals surface area contributed by atoms with Crippen LogP contribution in [0.1, 0.15) is 55.2 Å². The Morgan fingerprint density at radius 1 is 1.04 bits per heavy atom. The van der Waals surface area contributed by atoms with Crippen molar-refractivity contribution < 1.29 is 9.90 Å². The van der Waals surface area contributed by atoms with Crippen molar-refractivity contribution >= 4 is 5.91 Å². The third-order valence-corrected chi connectivity index (χ3v) is 4.97. The minimum absolute atomic E-state index is 0.103. The van der Waals surface area contributed by atoms with Gasteiger partial charge in [-0.05, 0) is 47.6 Å². The van der Waals surface area contributed by atoms with E-state index in [0.717, 1.165) is 24.0 Å². The van der Waals surface area contributed by atoms with E-state index >= 15 is 0 Å². The monoisotopic (exact) mass is 309 g/mol. The number of nitrogens with two attached hydrogens (primary N) is 1. The maximum absolute atomic E-state index is 12.1. The quantitative estimate of drug-likeness (QED) is 0.879. The number of hydrogen-bond acceptors (Lipinski definition) is 2. The first kappa shape index (κ1) is 15.6. The molecule has 1 amide bonds. The average molecular weight is 309 g/mol. The highest BCUT2D eigenvalue weighted by molar-refractivity contribution is 5.85. The van der Waals surface area contributed by atoms with Crippen molar-refractivity contribution in [1.29, 1.82) is 0 Å². The molecule has 2 aromatic rings. The van der Waals surface area contributed by atoms with Gasteiger partial charge in [0.05, 0.1) is 5.41 Å². The van der Waals surface area contributed by atoms with Crippen LogP contribution in [-0.2, 0) is 4.79 Å². The third-order valence-electron chi connectivity index (χ3n) is 4.97. The van der Waals surface area contributed by atoms with Crippen LogP contribution in [0.3, 0.4) is 0 Å². The SMILES string of the molecule is CC(C)c1ccc(C(c2cccc(O)c2)C2(C(N)=O)CC2)cc1. The van der Waals surface area contributed by atoms with Crippen LogP contribution in [0.5, 0.6) is 5.75 Å². The van der Waals surface area contributed by atoms with Gasteiger partial charge in [-0.3, -0.25) is 4.79 Å². The number of phenolic OH excluding ortho intramolecular Hbond substituents is 1. The lowest BCUT2D eigenvalue weighted by atomic mass is 9.77. The Morgan fingerprint density at radius 2 is 1.65 bits per heavy atom. The van der Waals surface area contributed by atoms with E-state index in [9.17, 15) is 9.90 Å². The van der Waals surface area contributed by atoms with E-state index in [-0.39, 0.29) is 17.6 Å². The zero-order chi connectivity index (χ0) is 16.6. The van der Waals surface area contributed by atoms with E-state index in [1.165, 1.54) is 5.56 Å². The van der Waals surface area contributed by atoms with Crippen LogP contribution in [-0.4, -0.2) is 11.0 Å². The van der Waals surface area contributed by atoms with Crippen LogP contribution in [0.2, 0.25) is 0 Å². The fraction of sp³-hybridized carbons (Fsp3) is 0.350. The summed E-state index contributed by atoms with van der Waals surface area (Å²) < 4.78 is 0. The lowest BCUT2D eigenvalue weighted by Gasteiger charge is -2.26. The zero-order valence-electron chi connectivity index (χ0n) is 13.6. The molecular weight excluding hydrogens is 286 g/mol. The van der Waals surface area contributed by atoms with Gasteiger partial charge >= 0.3 is 0 Å². The molecule has 23 heavy (non-hydrogen) atoms. The van der Waals surface area contributed by atoms with Gasteiger partial charge in [0.1, 0.15) is 5.75 Å². The lowest BCUT2D eigenvalue weighted by Crippen LogP contribution is -2.31. The van der Waals surface area contributed by atoms with Crippen molar-refractivity contribution in [3.8, 4) is 5.75 Å². The Hall–Kier alpha value is -2.29. The topological polar surface area (TPSA) is 63.3 Å². The number of carbonyl (C=O) groups is 1. The van der Waals surface area contributed by atoms with Gasteiger partial charge in [-0.1, -0.05) is 50.2 Å². The van der Waals surface area contributed by atoms with Crippen LogP contribution >= 0.6 is 0 Å². The molecule has 0 spiro atoms. The predicted octanol–water partition coefficient (Wildman–Crippen LogP) is 3.91. The molecule has 120 valence electrons. The van der Waals surface area contributed by atoms with Crippen molar-refractivity contribution in [3.05, 3.63) is 65.2 Å². The molecule has 0 radical (unpaired) electrons. The van der Waals surface area contributed by atoms with E-state index in [1.54, 1.807) is 12.1 Å². The summed E-state index contributed by atoms with van der Waals surface area (Å²) in [4.78, 5) is 12.1. The number of primary amides is 1. The van der Waals surface area contributed by atoms with Crippen molar-refractivity contribution in [2.45, 2.75) is 38.5 Å². The fourth-order valence-corrected chi connectivity index (χ4v) is 3.42. The third kappa shape index (κ3) is 2.83. The van der Waals surface area contributed by atoms with Gasteiger partial charge in [-0.2, -0.15) is 0 Å². The average Bonchev–Trinajstić information content (AvgIpc) is 3.30. The molecule has 0 bridgehead atoms. The molecular formula is C20H23NO2. The van der Waals surface area contributed by atoms with Crippen LogP contribution < -0.4 is 5.73 Å². The van der Waals surface area contributed by atoms with Gasteiger partial charge < -0.3 is 10.8 Å². The van der Waals surface area contributed by atoms with E-state index in [2.05, 4.69) is 38.1 Å². The Bertz CT molecular complexity index is 715. The maximum atomic E-state index is 12.1. The van der Waals surface area contributed by atoms with Crippen molar-refractivity contribution in [2.24, 2.45) is 11.1 Å². The van der Waals surface area contributed by atoms with E-state index in [4.69, 9.17) is 5.73 Å². The van der Waals surface area contributed by atoms with E-state index in [0.29, 0.717) is 5.92 Å². The molecule has 0 aromatic heterocycles. The standard InChI is InChI=1S/C20H23NO2/c1-13(2)14-6-8-15(9-7-14)18(20(10-11-20)19(21)23)16-4-3-5-17(22)12-16/h3-9,12-13,18,22H,10-11H2,1-2H3,(H2,21,23). The minimum Gasteiger partial charge on any atom is -0.508 e.